The molecule has 7 nitrogen and oxygen atoms in total. The third-order valence-corrected chi connectivity index (χ3v) is 3.49. The maximum atomic E-state index is 12.1. The normalized spacial score (nSPS) is 11.2. The van der Waals surface area contributed by atoms with E-state index in [-0.39, 0.29) is 12.2 Å². The number of aliphatic hydroxyl groups excluding tert-OH is 1. The Hall–Kier alpha value is -3.06. The van der Waals surface area contributed by atoms with Crippen LogP contribution >= 0.6 is 0 Å². The summed E-state index contributed by atoms with van der Waals surface area (Å²) in [6, 6.07) is 12.6. The second-order valence-corrected chi connectivity index (χ2v) is 5.26. The van der Waals surface area contributed by atoms with Gasteiger partial charge in [-0.25, -0.2) is 4.98 Å². The topological polar surface area (TPSA) is 91.9 Å². The molecule has 0 atom stereocenters. The fraction of sp³-hybridized carbons (Fsp3) is 0.176. The molecule has 0 bridgehead atoms. The fourth-order valence-electron chi connectivity index (χ4n) is 2.22. The van der Waals surface area contributed by atoms with Gasteiger partial charge in [-0.3, -0.25) is 4.79 Å². The van der Waals surface area contributed by atoms with Crippen molar-refractivity contribution in [3.05, 3.63) is 59.1 Å². The molecule has 0 aliphatic heterocycles. The van der Waals surface area contributed by atoms with E-state index in [2.05, 4.69) is 20.5 Å². The maximum Gasteiger partial charge on any atom is 0.260 e. The number of nitrogens with one attached hydrogen (secondary N) is 1. The van der Waals surface area contributed by atoms with Gasteiger partial charge in [-0.2, -0.15) is 10.2 Å². The van der Waals surface area contributed by atoms with Gasteiger partial charge in [0.25, 0.3) is 5.56 Å². The van der Waals surface area contributed by atoms with Crippen LogP contribution in [0.2, 0.25) is 0 Å². The van der Waals surface area contributed by atoms with Crippen LogP contribution in [0.4, 0.5) is 17.1 Å². The molecule has 122 valence electrons. The lowest BCUT2D eigenvalue weighted by Gasteiger charge is -2.03. The zero-order chi connectivity index (χ0) is 16.9. The van der Waals surface area contributed by atoms with E-state index in [1.54, 1.807) is 25.2 Å². The van der Waals surface area contributed by atoms with Crippen molar-refractivity contribution >= 4 is 28.0 Å². The van der Waals surface area contributed by atoms with Crippen LogP contribution in [-0.4, -0.2) is 27.8 Å². The molecule has 1 aromatic heterocycles. The molecule has 1 heterocycles. The van der Waals surface area contributed by atoms with Gasteiger partial charge in [-0.05, 0) is 42.5 Å². The van der Waals surface area contributed by atoms with Crippen LogP contribution in [0.25, 0.3) is 10.9 Å². The lowest BCUT2D eigenvalue weighted by Crippen LogP contribution is -2.16. The summed E-state index contributed by atoms with van der Waals surface area (Å²) < 4.78 is 1.43. The third kappa shape index (κ3) is 3.47. The molecule has 0 aliphatic carbocycles. The Morgan fingerprint density at radius 2 is 1.83 bits per heavy atom. The molecule has 2 aromatic carbocycles. The second-order valence-electron chi connectivity index (χ2n) is 5.26. The number of aromatic nitrogens is 2. The quantitative estimate of drug-likeness (QED) is 0.706. The zero-order valence-electron chi connectivity index (χ0n) is 13.2. The fourth-order valence-corrected chi connectivity index (χ4v) is 2.22. The summed E-state index contributed by atoms with van der Waals surface area (Å²) in [5.41, 5.74) is 2.72. The first-order chi connectivity index (χ1) is 11.7. The number of aryl methyl sites for hydroxylation is 1. The van der Waals surface area contributed by atoms with Gasteiger partial charge in [-0.1, -0.05) is 0 Å². The van der Waals surface area contributed by atoms with Crippen molar-refractivity contribution in [1.82, 2.24) is 9.55 Å². The number of hydrogen-bond acceptors (Lipinski definition) is 6. The van der Waals surface area contributed by atoms with Gasteiger partial charge < -0.3 is 15.0 Å². The van der Waals surface area contributed by atoms with E-state index in [9.17, 15) is 4.79 Å². The Labute approximate surface area is 138 Å². The first-order valence-electron chi connectivity index (χ1n) is 7.49. The summed E-state index contributed by atoms with van der Waals surface area (Å²) in [5.74, 6) is 0. The van der Waals surface area contributed by atoms with E-state index >= 15 is 0 Å². The monoisotopic (exact) mass is 323 g/mol. The highest BCUT2D eigenvalue weighted by atomic mass is 16.3. The van der Waals surface area contributed by atoms with Gasteiger partial charge in [0.2, 0.25) is 0 Å². The molecule has 0 fully saturated rings. The van der Waals surface area contributed by atoms with Crippen molar-refractivity contribution in [3.8, 4) is 0 Å². The molecule has 3 rings (SSSR count). The van der Waals surface area contributed by atoms with Crippen molar-refractivity contribution < 1.29 is 5.11 Å². The number of azo groups is 1. The van der Waals surface area contributed by atoms with Crippen LogP contribution in [-0.2, 0) is 7.05 Å². The standard InChI is InChI=1S/C17H17N5O2/c1-22-11-19-16-7-6-14(10-15(16)17(22)24)21-20-13-4-2-12(3-5-13)18-8-9-23/h2-7,10-11,18,23H,8-9H2,1H3. The predicted molar refractivity (Wildman–Crippen MR) is 93.2 cm³/mol. The molecule has 3 aromatic rings. The second kappa shape index (κ2) is 7.01. The van der Waals surface area contributed by atoms with Gasteiger partial charge in [0, 0.05) is 19.3 Å². The first kappa shape index (κ1) is 15.8. The molecule has 0 spiro atoms. The minimum absolute atomic E-state index is 0.0811. The number of anilines is 1. The van der Waals surface area contributed by atoms with Crippen molar-refractivity contribution in [2.24, 2.45) is 17.3 Å². The number of aliphatic hydroxyl groups is 1. The average Bonchev–Trinajstić information content (AvgIpc) is 2.62. The number of rotatable bonds is 5. The van der Waals surface area contributed by atoms with E-state index in [1.807, 2.05) is 24.3 Å². The molecule has 7 heteroatoms. The maximum absolute atomic E-state index is 12.1. The number of hydrogen-bond donors (Lipinski definition) is 2. The Morgan fingerprint density at radius 3 is 2.58 bits per heavy atom. The van der Waals surface area contributed by atoms with Gasteiger partial charge in [-0.15, -0.1) is 0 Å². The minimum Gasteiger partial charge on any atom is -0.395 e. The molecule has 0 radical (unpaired) electrons. The first-order valence-corrected chi connectivity index (χ1v) is 7.49. The highest BCUT2D eigenvalue weighted by molar-refractivity contribution is 5.80. The summed E-state index contributed by atoms with van der Waals surface area (Å²) in [6.07, 6.45) is 1.50. The highest BCUT2D eigenvalue weighted by Gasteiger charge is 2.03. The molecular formula is C17H17N5O2. The van der Waals surface area contributed by atoms with Crippen LogP contribution in [0.15, 0.2) is 63.8 Å². The lowest BCUT2D eigenvalue weighted by atomic mass is 10.2. The van der Waals surface area contributed by atoms with E-state index in [4.69, 9.17) is 5.11 Å². The smallest absolute Gasteiger partial charge is 0.260 e. The van der Waals surface area contributed by atoms with Gasteiger partial charge >= 0.3 is 0 Å². The van der Waals surface area contributed by atoms with Crippen molar-refractivity contribution in [1.29, 1.82) is 0 Å². The Balaban J connectivity index is 1.82. The minimum atomic E-state index is -0.114. The van der Waals surface area contributed by atoms with E-state index in [0.29, 0.717) is 28.8 Å². The molecular weight excluding hydrogens is 306 g/mol. The van der Waals surface area contributed by atoms with E-state index < -0.39 is 0 Å². The molecule has 0 unspecified atom stereocenters. The zero-order valence-corrected chi connectivity index (χ0v) is 13.2. The predicted octanol–water partition coefficient (Wildman–Crippen LogP) is 2.75. The van der Waals surface area contributed by atoms with Crippen LogP contribution in [0, 0.1) is 0 Å². The van der Waals surface area contributed by atoms with Crippen molar-refractivity contribution in [3.63, 3.8) is 0 Å². The molecule has 0 amide bonds. The highest BCUT2D eigenvalue weighted by Crippen LogP contribution is 2.22. The van der Waals surface area contributed by atoms with Gasteiger partial charge in [0.1, 0.15) is 0 Å². The summed E-state index contributed by atoms with van der Waals surface area (Å²) in [5, 5.41) is 20.7. The summed E-state index contributed by atoms with van der Waals surface area (Å²) in [7, 11) is 1.66. The SMILES string of the molecule is Cn1cnc2ccc(N=Nc3ccc(NCCO)cc3)cc2c1=O. The average molecular weight is 323 g/mol. The lowest BCUT2D eigenvalue weighted by molar-refractivity contribution is 0.311. The summed E-state index contributed by atoms with van der Waals surface area (Å²) in [4.78, 5) is 16.3. The van der Waals surface area contributed by atoms with Crippen LogP contribution in [0.5, 0.6) is 0 Å². The molecule has 0 aliphatic rings. The van der Waals surface area contributed by atoms with Crippen LogP contribution in [0.1, 0.15) is 0 Å². The van der Waals surface area contributed by atoms with Crippen molar-refractivity contribution in [2.45, 2.75) is 0 Å². The number of nitrogens with zero attached hydrogens (tertiary/aromatic N) is 4. The largest absolute Gasteiger partial charge is 0.395 e. The van der Waals surface area contributed by atoms with Gasteiger partial charge in [0.05, 0.1) is 35.2 Å². The van der Waals surface area contributed by atoms with Gasteiger partial charge in [0.15, 0.2) is 0 Å². The number of benzene rings is 2. The third-order valence-electron chi connectivity index (χ3n) is 3.49. The molecule has 2 N–H and O–H groups in total. The van der Waals surface area contributed by atoms with E-state index in [0.717, 1.165) is 5.69 Å². The van der Waals surface area contributed by atoms with E-state index in [1.165, 1.54) is 10.9 Å². The van der Waals surface area contributed by atoms with Crippen LogP contribution in [0.3, 0.4) is 0 Å². The molecule has 24 heavy (non-hydrogen) atoms. The Kier molecular flexibility index (Phi) is 4.62. The van der Waals surface area contributed by atoms with Crippen molar-refractivity contribution in [2.75, 3.05) is 18.5 Å². The summed E-state index contributed by atoms with van der Waals surface area (Å²) in [6.45, 7) is 0.582. The number of fused-ring (bicyclic) bond motifs is 1. The molecule has 0 saturated carbocycles. The molecule has 0 saturated heterocycles. The van der Waals surface area contributed by atoms with Crippen LogP contribution < -0.4 is 10.9 Å². The Morgan fingerprint density at radius 1 is 1.12 bits per heavy atom. The Bertz CT molecular complexity index is 932. The summed E-state index contributed by atoms with van der Waals surface area (Å²) >= 11 is 0.